The van der Waals surface area contributed by atoms with Crippen LogP contribution in [0.1, 0.15) is 24.0 Å². The predicted molar refractivity (Wildman–Crippen MR) is 145 cm³/mol. The molecular weight excluding hydrogens is 499 g/mol. The number of halogens is 2. The number of carbonyl (C=O) groups excluding carboxylic acids is 1. The minimum Gasteiger partial charge on any atom is -0.493 e. The first-order valence-corrected chi connectivity index (χ1v) is 12.6. The summed E-state index contributed by atoms with van der Waals surface area (Å²) in [6, 6.07) is 20.0. The zero-order valence-corrected chi connectivity index (χ0v) is 21.6. The van der Waals surface area contributed by atoms with Gasteiger partial charge in [0, 0.05) is 18.7 Å². The van der Waals surface area contributed by atoms with E-state index in [1.165, 1.54) is 24.8 Å². The topological polar surface area (TPSA) is 50.8 Å². The van der Waals surface area contributed by atoms with Crippen LogP contribution in [0.3, 0.4) is 0 Å². The molecule has 1 saturated heterocycles. The third-order valence-corrected chi connectivity index (χ3v) is 7.02. The molecule has 0 aromatic heterocycles. The van der Waals surface area contributed by atoms with E-state index >= 15 is 0 Å². The van der Waals surface area contributed by atoms with E-state index in [1.807, 2.05) is 6.07 Å². The fourth-order valence-corrected chi connectivity index (χ4v) is 4.91. The molecule has 1 heterocycles. The van der Waals surface area contributed by atoms with Gasteiger partial charge in [0.25, 0.3) is 5.91 Å². The highest BCUT2D eigenvalue weighted by molar-refractivity contribution is 7.80. The van der Waals surface area contributed by atoms with Gasteiger partial charge in [0.2, 0.25) is 0 Å². The number of para-hydroxylation sites is 1. The predicted octanol–water partition coefficient (Wildman–Crippen LogP) is 6.14. The lowest BCUT2D eigenvalue weighted by atomic mass is 9.90. The lowest BCUT2D eigenvalue weighted by Gasteiger charge is -2.34. The van der Waals surface area contributed by atoms with E-state index < -0.39 is 11.7 Å². The second-order valence-corrected chi connectivity index (χ2v) is 9.53. The molecule has 0 radical (unpaired) electrons. The molecule has 8 heteroatoms. The van der Waals surface area contributed by atoms with Crippen molar-refractivity contribution >= 4 is 40.4 Å². The molecule has 4 rings (SSSR count). The van der Waals surface area contributed by atoms with Gasteiger partial charge in [0.15, 0.2) is 18.1 Å². The molecule has 1 amide bonds. The van der Waals surface area contributed by atoms with E-state index in [4.69, 9.17) is 33.3 Å². The number of hydrogen-bond donors (Lipinski definition) is 1. The molecule has 0 unspecified atom stereocenters. The normalized spacial score (nSPS) is 13.8. The summed E-state index contributed by atoms with van der Waals surface area (Å²) in [5.74, 6) is 0.198. The highest BCUT2D eigenvalue weighted by Gasteiger charge is 2.24. The number of nitrogens with one attached hydrogen (secondary N) is 1. The lowest BCUT2D eigenvalue weighted by molar-refractivity contribution is -0.118. The fourth-order valence-electron chi connectivity index (χ4n) is 4.34. The van der Waals surface area contributed by atoms with E-state index in [-0.39, 0.29) is 23.1 Å². The Morgan fingerprint density at radius 1 is 1.11 bits per heavy atom. The largest absolute Gasteiger partial charge is 0.493 e. The van der Waals surface area contributed by atoms with E-state index in [9.17, 15) is 9.18 Å². The number of anilines is 1. The summed E-state index contributed by atoms with van der Waals surface area (Å²) < 4.78 is 24.9. The summed E-state index contributed by atoms with van der Waals surface area (Å²) in [4.78, 5) is 15.2. The molecule has 5 nitrogen and oxygen atoms in total. The minimum atomic E-state index is -0.525. The summed E-state index contributed by atoms with van der Waals surface area (Å²) in [6.45, 7) is 1.40. The van der Waals surface area contributed by atoms with Crippen molar-refractivity contribution in [2.75, 3.05) is 32.1 Å². The quantitative estimate of drug-likeness (QED) is 0.357. The second kappa shape index (κ2) is 12.2. The van der Waals surface area contributed by atoms with Gasteiger partial charge in [-0.15, -0.1) is 0 Å². The summed E-state index contributed by atoms with van der Waals surface area (Å²) >= 11 is 12.3. The molecule has 0 bridgehead atoms. The average molecular weight is 527 g/mol. The van der Waals surface area contributed by atoms with Crippen molar-refractivity contribution in [3.05, 3.63) is 88.7 Å². The number of rotatable bonds is 8. The summed E-state index contributed by atoms with van der Waals surface area (Å²) in [5, 5.41) is 2.76. The molecule has 188 valence electrons. The van der Waals surface area contributed by atoms with Crippen molar-refractivity contribution in [1.82, 2.24) is 4.90 Å². The lowest BCUT2D eigenvalue weighted by Crippen LogP contribution is -2.38. The van der Waals surface area contributed by atoms with E-state index in [1.54, 1.807) is 24.3 Å². The number of thiocarbonyl (C=S) groups is 1. The Labute approximate surface area is 221 Å². The molecule has 1 N–H and O–H groups in total. The Morgan fingerprint density at radius 2 is 1.81 bits per heavy atom. The maximum atomic E-state index is 13.8. The maximum Gasteiger partial charge on any atom is 0.262 e. The number of benzene rings is 3. The molecule has 0 spiro atoms. The van der Waals surface area contributed by atoms with E-state index in [2.05, 4.69) is 34.5 Å². The third-order valence-electron chi connectivity index (χ3n) is 6.24. The molecule has 1 aliphatic rings. The van der Waals surface area contributed by atoms with Gasteiger partial charge in [0.1, 0.15) is 10.8 Å². The van der Waals surface area contributed by atoms with Gasteiger partial charge >= 0.3 is 0 Å². The molecule has 1 fully saturated rings. The summed E-state index contributed by atoms with van der Waals surface area (Å²) in [7, 11) is 1.50. The third kappa shape index (κ3) is 6.53. The zero-order valence-electron chi connectivity index (χ0n) is 20.0. The highest BCUT2D eigenvalue weighted by Crippen LogP contribution is 2.37. The average Bonchev–Trinajstić information content (AvgIpc) is 2.89. The Bertz CT molecular complexity index is 1220. The number of nitrogens with zero attached hydrogens (tertiary/aromatic N) is 1. The first kappa shape index (κ1) is 25.9. The van der Waals surface area contributed by atoms with Crippen LogP contribution in [0.15, 0.2) is 66.7 Å². The first-order valence-electron chi connectivity index (χ1n) is 11.8. The monoisotopic (exact) mass is 526 g/mol. The SMILES string of the molecule is COc1cc(C(=S)N2CCC(Cc3ccccc3)CC2)cc(Cl)c1OCC(=O)Nc1ccccc1F. The number of piperidine rings is 1. The standard InChI is InChI=1S/C28H28ClFN2O3S/c1-34-25-17-21(28(36)32-13-11-20(12-14-32)15-19-7-3-2-4-8-19)16-22(29)27(25)35-18-26(33)31-24-10-6-5-9-23(24)30/h2-10,16-17,20H,11-15,18H2,1H3,(H,31,33). The van der Waals surface area contributed by atoms with Crippen LogP contribution in [0, 0.1) is 11.7 Å². The number of hydrogen-bond acceptors (Lipinski definition) is 4. The van der Waals surface area contributed by atoms with Gasteiger partial charge in [-0.2, -0.15) is 0 Å². The van der Waals surface area contributed by atoms with Crippen LogP contribution in [0.25, 0.3) is 0 Å². The Morgan fingerprint density at radius 3 is 2.50 bits per heavy atom. The van der Waals surface area contributed by atoms with Crippen LogP contribution >= 0.6 is 23.8 Å². The van der Waals surface area contributed by atoms with Gasteiger partial charge in [-0.3, -0.25) is 4.79 Å². The molecule has 0 saturated carbocycles. The Kier molecular flexibility index (Phi) is 8.78. The molecule has 3 aromatic carbocycles. The van der Waals surface area contributed by atoms with Crippen molar-refractivity contribution < 1.29 is 18.7 Å². The summed E-state index contributed by atoms with van der Waals surface area (Å²) in [6.07, 6.45) is 3.22. The summed E-state index contributed by atoms with van der Waals surface area (Å²) in [5.41, 5.74) is 2.21. The maximum absolute atomic E-state index is 13.8. The van der Waals surface area contributed by atoms with Crippen molar-refractivity contribution in [1.29, 1.82) is 0 Å². The minimum absolute atomic E-state index is 0.0809. The van der Waals surface area contributed by atoms with Crippen molar-refractivity contribution in [3.8, 4) is 11.5 Å². The molecule has 0 atom stereocenters. The second-order valence-electron chi connectivity index (χ2n) is 8.73. The van der Waals surface area contributed by atoms with E-state index in [0.29, 0.717) is 16.7 Å². The van der Waals surface area contributed by atoms with Gasteiger partial charge in [-0.25, -0.2) is 4.39 Å². The van der Waals surface area contributed by atoms with Crippen LogP contribution in [-0.4, -0.2) is 42.6 Å². The number of likely N-dealkylation sites (tertiary alicyclic amines) is 1. The van der Waals surface area contributed by atoms with Crippen LogP contribution in [0.4, 0.5) is 10.1 Å². The van der Waals surface area contributed by atoms with Gasteiger partial charge in [-0.05, 0) is 55.0 Å². The molecule has 0 aliphatic carbocycles. The smallest absolute Gasteiger partial charge is 0.262 e. The first-order chi connectivity index (χ1) is 17.4. The van der Waals surface area contributed by atoms with Crippen LogP contribution in [0.5, 0.6) is 11.5 Å². The molecule has 3 aromatic rings. The van der Waals surface area contributed by atoms with Crippen molar-refractivity contribution in [2.24, 2.45) is 5.92 Å². The van der Waals surface area contributed by atoms with Crippen LogP contribution < -0.4 is 14.8 Å². The fraction of sp³-hybridized carbons (Fsp3) is 0.286. The number of carbonyl (C=O) groups is 1. The van der Waals surface area contributed by atoms with Crippen molar-refractivity contribution in [3.63, 3.8) is 0 Å². The Balaban J connectivity index is 1.36. The zero-order chi connectivity index (χ0) is 25.5. The molecular formula is C28H28ClFN2O3S. The van der Waals surface area contributed by atoms with E-state index in [0.717, 1.165) is 37.9 Å². The van der Waals surface area contributed by atoms with Gasteiger partial charge in [-0.1, -0.05) is 66.3 Å². The van der Waals surface area contributed by atoms with Gasteiger partial charge in [0.05, 0.1) is 17.8 Å². The molecule has 1 aliphatic heterocycles. The number of ether oxygens (including phenoxy) is 2. The Hall–Kier alpha value is -3.16. The van der Waals surface area contributed by atoms with Crippen molar-refractivity contribution in [2.45, 2.75) is 19.3 Å². The number of methoxy groups -OCH3 is 1. The van der Waals surface area contributed by atoms with Gasteiger partial charge < -0.3 is 19.7 Å². The molecule has 36 heavy (non-hydrogen) atoms. The van der Waals surface area contributed by atoms with Crippen LogP contribution in [-0.2, 0) is 11.2 Å². The number of amides is 1. The van der Waals surface area contributed by atoms with Crippen LogP contribution in [0.2, 0.25) is 5.02 Å². The highest BCUT2D eigenvalue weighted by atomic mass is 35.5.